The van der Waals surface area contributed by atoms with Crippen LogP contribution in [0, 0.1) is 0 Å². The van der Waals surface area contributed by atoms with E-state index in [4.69, 9.17) is 4.98 Å². The van der Waals surface area contributed by atoms with Crippen molar-refractivity contribution >= 4 is 28.4 Å². The van der Waals surface area contributed by atoms with Gasteiger partial charge >= 0.3 is 0 Å². The third-order valence-corrected chi connectivity index (χ3v) is 5.98. The van der Waals surface area contributed by atoms with Gasteiger partial charge in [-0.3, -0.25) is 9.67 Å². The van der Waals surface area contributed by atoms with E-state index < -0.39 is 0 Å². The maximum Gasteiger partial charge on any atom is 0.156 e. The van der Waals surface area contributed by atoms with E-state index in [-0.39, 0.29) is 0 Å². The summed E-state index contributed by atoms with van der Waals surface area (Å²) in [5, 5.41) is 16.0. The normalized spacial score (nSPS) is 14.1. The lowest BCUT2D eigenvalue weighted by atomic mass is 10.1. The van der Waals surface area contributed by atoms with Gasteiger partial charge in [0.2, 0.25) is 0 Å². The molecule has 0 aromatic carbocycles. The molecular formula is C24H29N9. The number of rotatable bonds is 8. The zero-order valence-corrected chi connectivity index (χ0v) is 19.1. The Kier molecular flexibility index (Phi) is 6.12. The number of pyridine rings is 2. The van der Waals surface area contributed by atoms with Gasteiger partial charge in [0.25, 0.3) is 0 Å². The quantitative estimate of drug-likeness (QED) is 0.442. The zero-order valence-electron chi connectivity index (χ0n) is 19.1. The van der Waals surface area contributed by atoms with Gasteiger partial charge in [-0.15, -0.1) is 5.10 Å². The topological polar surface area (TPSA) is 87.9 Å². The van der Waals surface area contributed by atoms with Gasteiger partial charge in [0.15, 0.2) is 5.82 Å². The van der Waals surface area contributed by atoms with Crippen molar-refractivity contribution in [2.75, 3.05) is 43.9 Å². The van der Waals surface area contributed by atoms with Crippen molar-refractivity contribution in [2.24, 2.45) is 0 Å². The van der Waals surface area contributed by atoms with Gasteiger partial charge in [-0.1, -0.05) is 0 Å². The first kappa shape index (κ1) is 21.3. The number of hydrogen-bond donors (Lipinski definition) is 1. The summed E-state index contributed by atoms with van der Waals surface area (Å²) in [4.78, 5) is 13.9. The highest BCUT2D eigenvalue weighted by molar-refractivity contribution is 5.81. The van der Waals surface area contributed by atoms with Gasteiger partial charge in [0.1, 0.15) is 5.82 Å². The smallest absolute Gasteiger partial charge is 0.156 e. The second-order valence-electron chi connectivity index (χ2n) is 8.67. The first-order valence-electron chi connectivity index (χ1n) is 11.4. The van der Waals surface area contributed by atoms with Crippen LogP contribution in [0.15, 0.2) is 49.1 Å². The average Bonchev–Trinajstić information content (AvgIpc) is 3.51. The fourth-order valence-electron chi connectivity index (χ4n) is 4.12. The molecule has 33 heavy (non-hydrogen) atoms. The van der Waals surface area contributed by atoms with Crippen LogP contribution < -0.4 is 10.2 Å². The summed E-state index contributed by atoms with van der Waals surface area (Å²) in [6.07, 6.45) is 11.4. The Morgan fingerprint density at radius 3 is 2.67 bits per heavy atom. The number of likely N-dealkylation sites (tertiary alicyclic amines) is 1. The Bertz CT molecular complexity index is 1230. The standard InChI is InChI=1S/C24H29N9/c1-31(2)20-13-24(30-26-16-20)29-23-7-6-21-22(28-23)12-18(14-25-21)19-15-27-33(17-19)11-5-10-32-8-3-4-9-32/h6-7,12-17H,3-5,8-11H2,1-2H3,(H,28,29,30). The largest absolute Gasteiger partial charge is 0.376 e. The molecular weight excluding hydrogens is 414 g/mol. The highest BCUT2D eigenvalue weighted by Crippen LogP contribution is 2.24. The number of aryl methyl sites for hydroxylation is 1. The van der Waals surface area contributed by atoms with Crippen molar-refractivity contribution in [3.05, 3.63) is 49.1 Å². The Balaban J connectivity index is 1.29. The maximum absolute atomic E-state index is 4.74. The summed E-state index contributed by atoms with van der Waals surface area (Å²) >= 11 is 0. The van der Waals surface area contributed by atoms with Gasteiger partial charge < -0.3 is 15.1 Å². The summed E-state index contributed by atoms with van der Waals surface area (Å²) in [6, 6.07) is 7.85. The molecule has 1 N–H and O–H groups in total. The van der Waals surface area contributed by atoms with E-state index in [2.05, 4.69) is 42.8 Å². The van der Waals surface area contributed by atoms with Crippen LogP contribution in [-0.4, -0.2) is 68.6 Å². The second kappa shape index (κ2) is 9.50. The van der Waals surface area contributed by atoms with Crippen molar-refractivity contribution < 1.29 is 0 Å². The average molecular weight is 444 g/mol. The minimum atomic E-state index is 0.646. The van der Waals surface area contributed by atoms with E-state index in [1.807, 2.05) is 54.3 Å². The van der Waals surface area contributed by atoms with Crippen LogP contribution in [0.25, 0.3) is 22.2 Å². The minimum Gasteiger partial charge on any atom is -0.376 e. The third kappa shape index (κ3) is 5.09. The summed E-state index contributed by atoms with van der Waals surface area (Å²) < 4.78 is 2.03. The highest BCUT2D eigenvalue weighted by Gasteiger charge is 2.11. The summed E-state index contributed by atoms with van der Waals surface area (Å²) in [7, 11) is 3.94. The van der Waals surface area contributed by atoms with Gasteiger partial charge in [0.05, 0.1) is 29.1 Å². The number of aromatic nitrogens is 6. The van der Waals surface area contributed by atoms with Gasteiger partial charge in [-0.25, -0.2) is 4.98 Å². The van der Waals surface area contributed by atoms with E-state index in [0.29, 0.717) is 11.6 Å². The predicted molar refractivity (Wildman–Crippen MR) is 131 cm³/mol. The number of anilines is 3. The Hall–Kier alpha value is -3.59. The number of fused-ring (bicyclic) bond motifs is 1. The number of nitrogens with zero attached hydrogens (tertiary/aromatic N) is 8. The molecule has 0 amide bonds. The van der Waals surface area contributed by atoms with Gasteiger partial charge in [0, 0.05) is 50.2 Å². The lowest BCUT2D eigenvalue weighted by Crippen LogP contribution is -2.21. The SMILES string of the molecule is CN(C)c1cnnc(Nc2ccc3ncc(-c4cnn(CCCN5CCCC5)c4)cc3n2)c1. The van der Waals surface area contributed by atoms with E-state index in [1.165, 1.54) is 25.9 Å². The Labute approximate surface area is 193 Å². The molecule has 4 aromatic heterocycles. The predicted octanol–water partition coefficient (Wildman–Crippen LogP) is 3.58. The first-order valence-corrected chi connectivity index (χ1v) is 11.4. The van der Waals surface area contributed by atoms with Crippen molar-refractivity contribution in [1.82, 2.24) is 34.8 Å². The van der Waals surface area contributed by atoms with Gasteiger partial charge in [-0.2, -0.15) is 10.2 Å². The van der Waals surface area contributed by atoms with Crippen molar-refractivity contribution in [3.63, 3.8) is 0 Å². The molecule has 0 spiro atoms. The van der Waals surface area contributed by atoms with Crippen LogP contribution >= 0.6 is 0 Å². The molecule has 0 unspecified atom stereocenters. The third-order valence-electron chi connectivity index (χ3n) is 5.98. The Morgan fingerprint density at radius 2 is 1.82 bits per heavy atom. The lowest BCUT2D eigenvalue weighted by molar-refractivity contribution is 0.322. The molecule has 9 heteroatoms. The molecule has 5 heterocycles. The van der Waals surface area contributed by atoms with Crippen LogP contribution in [0.1, 0.15) is 19.3 Å². The molecule has 170 valence electrons. The Morgan fingerprint density at radius 1 is 0.939 bits per heavy atom. The molecule has 9 nitrogen and oxygen atoms in total. The van der Waals surface area contributed by atoms with E-state index in [0.717, 1.165) is 47.4 Å². The molecule has 0 bridgehead atoms. The molecule has 5 rings (SSSR count). The molecule has 1 aliphatic heterocycles. The van der Waals surface area contributed by atoms with Crippen LogP contribution in [0.3, 0.4) is 0 Å². The number of nitrogens with one attached hydrogen (secondary N) is 1. The molecule has 1 fully saturated rings. The molecule has 0 radical (unpaired) electrons. The van der Waals surface area contributed by atoms with E-state index in [9.17, 15) is 0 Å². The van der Waals surface area contributed by atoms with Crippen molar-refractivity contribution in [1.29, 1.82) is 0 Å². The summed E-state index contributed by atoms with van der Waals surface area (Å²) in [6.45, 7) is 4.56. The lowest BCUT2D eigenvalue weighted by Gasteiger charge is -2.13. The second-order valence-corrected chi connectivity index (χ2v) is 8.67. The van der Waals surface area contributed by atoms with Crippen molar-refractivity contribution in [2.45, 2.75) is 25.8 Å². The van der Waals surface area contributed by atoms with E-state index in [1.54, 1.807) is 6.20 Å². The molecule has 0 saturated carbocycles. The van der Waals surface area contributed by atoms with E-state index >= 15 is 0 Å². The molecule has 1 aliphatic rings. The molecule has 4 aromatic rings. The molecule has 1 saturated heterocycles. The fourth-order valence-corrected chi connectivity index (χ4v) is 4.12. The fraction of sp³-hybridized carbons (Fsp3) is 0.375. The zero-order chi connectivity index (χ0) is 22.6. The highest BCUT2D eigenvalue weighted by atomic mass is 15.3. The minimum absolute atomic E-state index is 0.646. The summed E-state index contributed by atoms with van der Waals surface area (Å²) in [5.74, 6) is 1.34. The molecule has 0 atom stereocenters. The monoisotopic (exact) mass is 443 g/mol. The number of hydrogen-bond acceptors (Lipinski definition) is 8. The van der Waals surface area contributed by atoms with Crippen LogP contribution in [-0.2, 0) is 6.54 Å². The first-order chi connectivity index (χ1) is 16.1. The van der Waals surface area contributed by atoms with Crippen molar-refractivity contribution in [3.8, 4) is 11.1 Å². The van der Waals surface area contributed by atoms with Crippen LogP contribution in [0.2, 0.25) is 0 Å². The maximum atomic E-state index is 4.74. The van der Waals surface area contributed by atoms with Crippen LogP contribution in [0.4, 0.5) is 17.3 Å². The summed E-state index contributed by atoms with van der Waals surface area (Å²) in [5.41, 5.74) is 4.68. The van der Waals surface area contributed by atoms with Crippen LogP contribution in [0.5, 0.6) is 0 Å². The van der Waals surface area contributed by atoms with Gasteiger partial charge in [-0.05, 0) is 57.1 Å². The molecule has 0 aliphatic carbocycles.